The molecule has 1 atom stereocenters. The van der Waals surface area contributed by atoms with Crippen LogP contribution in [0.1, 0.15) is 19.3 Å². The van der Waals surface area contributed by atoms with Crippen LogP contribution in [0.5, 0.6) is 0 Å². The average molecular weight is 214 g/mol. The normalized spacial score (nSPS) is 28.1. The van der Waals surface area contributed by atoms with Gasteiger partial charge >= 0.3 is 0 Å². The Kier molecular flexibility index (Phi) is 3.70. The second-order valence-electron chi connectivity index (χ2n) is 4.10. The van der Waals surface area contributed by atoms with E-state index in [1.54, 1.807) is 0 Å². The van der Waals surface area contributed by atoms with Gasteiger partial charge in [0.2, 0.25) is 5.91 Å². The molecule has 14 heavy (non-hydrogen) atoms. The van der Waals surface area contributed by atoms with Gasteiger partial charge in [0, 0.05) is 6.54 Å². The quantitative estimate of drug-likeness (QED) is 0.723. The third-order valence-electron chi connectivity index (χ3n) is 3.05. The van der Waals surface area contributed by atoms with Gasteiger partial charge < -0.3 is 10.6 Å². The summed E-state index contributed by atoms with van der Waals surface area (Å²) >= 11 is 2.03. The molecule has 0 aromatic heterocycles. The Balaban J connectivity index is 1.62. The van der Waals surface area contributed by atoms with E-state index in [0.717, 1.165) is 25.4 Å². The molecule has 1 amide bonds. The zero-order valence-electron chi connectivity index (χ0n) is 8.42. The smallest absolute Gasteiger partial charge is 0.237 e. The summed E-state index contributed by atoms with van der Waals surface area (Å²) in [6.07, 6.45) is 3.54. The average Bonchev–Trinajstić information content (AvgIpc) is 2.14. The van der Waals surface area contributed by atoms with E-state index >= 15 is 0 Å². The van der Waals surface area contributed by atoms with Crippen LogP contribution in [0.15, 0.2) is 0 Å². The Bertz CT molecular complexity index is 200. The molecule has 0 spiro atoms. The standard InChI is InChI=1S/C10H18N2OS/c13-10(9-1-4-11-9)12-7-8-2-5-14-6-3-8/h8-9,11H,1-7H2,(H,12,13). The Morgan fingerprint density at radius 3 is 2.64 bits per heavy atom. The van der Waals surface area contributed by atoms with Crippen molar-refractivity contribution in [3.05, 3.63) is 0 Å². The Labute approximate surface area is 89.4 Å². The lowest BCUT2D eigenvalue weighted by Gasteiger charge is -2.28. The van der Waals surface area contributed by atoms with Crippen molar-refractivity contribution in [2.75, 3.05) is 24.6 Å². The zero-order chi connectivity index (χ0) is 9.80. The van der Waals surface area contributed by atoms with E-state index in [1.807, 2.05) is 11.8 Å². The van der Waals surface area contributed by atoms with E-state index in [2.05, 4.69) is 10.6 Å². The molecule has 0 aliphatic carbocycles. The van der Waals surface area contributed by atoms with Gasteiger partial charge in [0.05, 0.1) is 6.04 Å². The maximum Gasteiger partial charge on any atom is 0.237 e. The minimum atomic E-state index is 0.105. The molecule has 4 heteroatoms. The predicted octanol–water partition coefficient (Wildman–Crippen LogP) is 0.608. The van der Waals surface area contributed by atoms with Crippen LogP contribution >= 0.6 is 11.8 Å². The van der Waals surface area contributed by atoms with Gasteiger partial charge in [-0.3, -0.25) is 4.79 Å². The summed E-state index contributed by atoms with van der Waals surface area (Å²) < 4.78 is 0. The molecule has 2 saturated heterocycles. The first-order valence-electron chi connectivity index (χ1n) is 5.45. The molecule has 2 rings (SSSR count). The third kappa shape index (κ3) is 2.64. The maximum atomic E-state index is 11.5. The topological polar surface area (TPSA) is 41.1 Å². The molecule has 2 heterocycles. The molecule has 0 aromatic carbocycles. The van der Waals surface area contributed by atoms with Crippen LogP contribution in [0.25, 0.3) is 0 Å². The Morgan fingerprint density at radius 2 is 2.07 bits per heavy atom. The minimum Gasteiger partial charge on any atom is -0.354 e. The fourth-order valence-corrected chi connectivity index (χ4v) is 3.04. The van der Waals surface area contributed by atoms with Crippen molar-refractivity contribution in [2.24, 2.45) is 5.92 Å². The van der Waals surface area contributed by atoms with Crippen molar-refractivity contribution in [2.45, 2.75) is 25.3 Å². The highest BCUT2D eigenvalue weighted by Crippen LogP contribution is 2.21. The summed E-state index contributed by atoms with van der Waals surface area (Å²) in [4.78, 5) is 11.5. The molecule has 0 bridgehead atoms. The molecule has 2 N–H and O–H groups in total. The van der Waals surface area contributed by atoms with Crippen molar-refractivity contribution in [3.63, 3.8) is 0 Å². The summed E-state index contributed by atoms with van der Waals surface area (Å²) in [5, 5.41) is 6.16. The molecule has 1 unspecified atom stereocenters. The van der Waals surface area contributed by atoms with Crippen LogP contribution in [-0.4, -0.2) is 36.5 Å². The second kappa shape index (κ2) is 5.03. The van der Waals surface area contributed by atoms with E-state index in [1.165, 1.54) is 24.3 Å². The molecule has 2 aliphatic rings. The second-order valence-corrected chi connectivity index (χ2v) is 5.32. The van der Waals surface area contributed by atoms with E-state index in [0.29, 0.717) is 0 Å². The molecule has 3 nitrogen and oxygen atoms in total. The summed E-state index contributed by atoms with van der Waals surface area (Å²) in [5.41, 5.74) is 0. The van der Waals surface area contributed by atoms with Gasteiger partial charge in [-0.15, -0.1) is 0 Å². The van der Waals surface area contributed by atoms with Crippen molar-refractivity contribution in [1.29, 1.82) is 0 Å². The van der Waals surface area contributed by atoms with E-state index in [-0.39, 0.29) is 11.9 Å². The van der Waals surface area contributed by atoms with Gasteiger partial charge in [0.15, 0.2) is 0 Å². The number of carbonyl (C=O) groups is 1. The SMILES string of the molecule is O=C(NCC1CCSCC1)C1CCN1. The number of hydrogen-bond acceptors (Lipinski definition) is 3. The molecule has 0 saturated carbocycles. The van der Waals surface area contributed by atoms with Crippen LogP contribution in [-0.2, 0) is 4.79 Å². The van der Waals surface area contributed by atoms with Crippen molar-refractivity contribution in [1.82, 2.24) is 10.6 Å². The first-order valence-corrected chi connectivity index (χ1v) is 6.60. The van der Waals surface area contributed by atoms with Gasteiger partial charge in [-0.2, -0.15) is 11.8 Å². The molecule has 2 fully saturated rings. The van der Waals surface area contributed by atoms with Gasteiger partial charge in [-0.1, -0.05) is 0 Å². The molecule has 0 aromatic rings. The fourth-order valence-electron chi connectivity index (χ4n) is 1.83. The highest BCUT2D eigenvalue weighted by molar-refractivity contribution is 7.99. The van der Waals surface area contributed by atoms with Crippen LogP contribution in [0.3, 0.4) is 0 Å². The monoisotopic (exact) mass is 214 g/mol. The maximum absolute atomic E-state index is 11.5. The van der Waals surface area contributed by atoms with Gasteiger partial charge in [0.1, 0.15) is 0 Å². The first kappa shape index (κ1) is 10.3. The van der Waals surface area contributed by atoms with E-state index < -0.39 is 0 Å². The van der Waals surface area contributed by atoms with Crippen LogP contribution in [0, 0.1) is 5.92 Å². The Morgan fingerprint density at radius 1 is 1.36 bits per heavy atom. The number of nitrogens with one attached hydrogen (secondary N) is 2. The van der Waals surface area contributed by atoms with E-state index in [4.69, 9.17) is 0 Å². The summed E-state index contributed by atoms with van der Waals surface area (Å²) in [6.45, 7) is 1.88. The minimum absolute atomic E-state index is 0.105. The lowest BCUT2D eigenvalue weighted by atomic mass is 10.0. The highest BCUT2D eigenvalue weighted by Gasteiger charge is 2.24. The van der Waals surface area contributed by atoms with Crippen LogP contribution < -0.4 is 10.6 Å². The molecule has 0 radical (unpaired) electrons. The Hall–Kier alpha value is -0.220. The fraction of sp³-hybridized carbons (Fsp3) is 0.900. The van der Waals surface area contributed by atoms with Gasteiger partial charge in [-0.05, 0) is 43.2 Å². The molecular formula is C10H18N2OS. The molecular weight excluding hydrogens is 196 g/mol. The largest absolute Gasteiger partial charge is 0.354 e. The summed E-state index contributed by atoms with van der Waals surface area (Å²) in [7, 11) is 0. The zero-order valence-corrected chi connectivity index (χ0v) is 9.24. The number of thioether (sulfide) groups is 1. The number of hydrogen-bond donors (Lipinski definition) is 2. The van der Waals surface area contributed by atoms with Crippen LogP contribution in [0.4, 0.5) is 0 Å². The lowest BCUT2D eigenvalue weighted by Crippen LogP contribution is -2.53. The first-order chi connectivity index (χ1) is 6.86. The summed E-state index contributed by atoms with van der Waals surface area (Å²) in [5.74, 6) is 3.46. The predicted molar refractivity (Wildman–Crippen MR) is 59.5 cm³/mol. The summed E-state index contributed by atoms with van der Waals surface area (Å²) in [6, 6.07) is 0.105. The van der Waals surface area contributed by atoms with Crippen molar-refractivity contribution in [3.8, 4) is 0 Å². The van der Waals surface area contributed by atoms with E-state index in [9.17, 15) is 4.79 Å². The highest BCUT2D eigenvalue weighted by atomic mass is 32.2. The van der Waals surface area contributed by atoms with Gasteiger partial charge in [0.25, 0.3) is 0 Å². The number of carbonyl (C=O) groups excluding carboxylic acids is 1. The van der Waals surface area contributed by atoms with Crippen molar-refractivity contribution >= 4 is 17.7 Å². The third-order valence-corrected chi connectivity index (χ3v) is 4.09. The molecule has 2 aliphatic heterocycles. The number of amides is 1. The van der Waals surface area contributed by atoms with Gasteiger partial charge in [-0.25, -0.2) is 0 Å². The van der Waals surface area contributed by atoms with Crippen LogP contribution in [0.2, 0.25) is 0 Å². The van der Waals surface area contributed by atoms with Crippen molar-refractivity contribution < 1.29 is 4.79 Å². The number of rotatable bonds is 3. The molecule has 80 valence electrons. The lowest BCUT2D eigenvalue weighted by molar-refractivity contribution is -0.124.